The number of hydrogen-bond acceptors (Lipinski definition) is 4. The Labute approximate surface area is 209 Å². The SMILES string of the molecule is CCCCNC(=O)CN1CN(c2ccccc2)C2(CCN(C(=O)c3ccc(Br)cc3)CC2)C1=O. The van der Waals surface area contributed by atoms with Gasteiger partial charge in [-0.3, -0.25) is 14.4 Å². The van der Waals surface area contributed by atoms with E-state index in [1.165, 1.54) is 0 Å². The van der Waals surface area contributed by atoms with E-state index in [9.17, 15) is 14.4 Å². The summed E-state index contributed by atoms with van der Waals surface area (Å²) in [5.74, 6) is -0.182. The first-order chi connectivity index (χ1) is 16.4. The van der Waals surface area contributed by atoms with Crippen LogP contribution in [0.3, 0.4) is 0 Å². The first-order valence-corrected chi connectivity index (χ1v) is 12.7. The monoisotopic (exact) mass is 526 g/mol. The summed E-state index contributed by atoms with van der Waals surface area (Å²) >= 11 is 3.41. The number of benzene rings is 2. The lowest BCUT2D eigenvalue weighted by Crippen LogP contribution is -2.57. The largest absolute Gasteiger partial charge is 0.355 e. The van der Waals surface area contributed by atoms with E-state index >= 15 is 0 Å². The number of para-hydroxylation sites is 1. The maximum Gasteiger partial charge on any atom is 0.253 e. The molecule has 4 rings (SSSR count). The molecule has 34 heavy (non-hydrogen) atoms. The van der Waals surface area contributed by atoms with E-state index in [0.29, 0.717) is 44.7 Å². The van der Waals surface area contributed by atoms with Crippen molar-refractivity contribution in [3.8, 4) is 0 Å². The van der Waals surface area contributed by atoms with Crippen molar-refractivity contribution < 1.29 is 14.4 Å². The zero-order valence-corrected chi connectivity index (χ0v) is 21.1. The summed E-state index contributed by atoms with van der Waals surface area (Å²) in [5, 5.41) is 2.91. The molecule has 0 saturated carbocycles. The molecular weight excluding hydrogens is 496 g/mol. The van der Waals surface area contributed by atoms with Crippen LogP contribution in [0.2, 0.25) is 0 Å². The highest BCUT2D eigenvalue weighted by Crippen LogP contribution is 2.39. The number of rotatable bonds is 7. The van der Waals surface area contributed by atoms with Crippen molar-refractivity contribution in [3.05, 3.63) is 64.6 Å². The van der Waals surface area contributed by atoms with Crippen LogP contribution in [0.25, 0.3) is 0 Å². The predicted molar refractivity (Wildman–Crippen MR) is 135 cm³/mol. The Morgan fingerprint density at radius 1 is 1.03 bits per heavy atom. The van der Waals surface area contributed by atoms with E-state index in [-0.39, 0.29) is 24.3 Å². The van der Waals surface area contributed by atoms with Gasteiger partial charge in [0.05, 0.1) is 6.67 Å². The number of amides is 3. The molecule has 2 aromatic rings. The standard InChI is InChI=1S/C26H31BrN4O3/c1-2-3-15-28-23(32)18-30-19-31(22-7-5-4-6-8-22)26(25(30)34)13-16-29(17-14-26)24(33)20-9-11-21(27)12-10-20/h4-12H,2-3,13-19H2,1H3,(H,28,32). The Morgan fingerprint density at radius 3 is 2.35 bits per heavy atom. The van der Waals surface area contributed by atoms with Gasteiger partial charge in [-0.2, -0.15) is 0 Å². The molecule has 180 valence electrons. The zero-order valence-electron chi connectivity index (χ0n) is 19.5. The molecule has 0 aromatic heterocycles. The molecule has 2 aliphatic heterocycles. The van der Waals surface area contributed by atoms with Gasteiger partial charge in [0.15, 0.2) is 0 Å². The molecular formula is C26H31BrN4O3. The van der Waals surface area contributed by atoms with Crippen LogP contribution in [-0.2, 0) is 9.59 Å². The number of likely N-dealkylation sites (tertiary alicyclic amines) is 1. The predicted octanol–water partition coefficient (Wildman–Crippen LogP) is 3.65. The first-order valence-electron chi connectivity index (χ1n) is 11.9. The zero-order chi connectivity index (χ0) is 24.1. The van der Waals surface area contributed by atoms with Gasteiger partial charge in [-0.1, -0.05) is 47.5 Å². The molecule has 0 unspecified atom stereocenters. The summed E-state index contributed by atoms with van der Waals surface area (Å²) in [6.45, 7) is 4.09. The maximum absolute atomic E-state index is 13.7. The Morgan fingerprint density at radius 2 is 1.71 bits per heavy atom. The molecule has 8 heteroatoms. The second-order valence-corrected chi connectivity index (χ2v) is 9.86. The molecule has 1 N–H and O–H groups in total. The average Bonchev–Trinajstić information content (AvgIpc) is 3.11. The van der Waals surface area contributed by atoms with E-state index in [2.05, 4.69) is 33.1 Å². The quantitative estimate of drug-likeness (QED) is 0.559. The van der Waals surface area contributed by atoms with Gasteiger partial charge < -0.3 is 20.0 Å². The van der Waals surface area contributed by atoms with Crippen molar-refractivity contribution in [1.29, 1.82) is 0 Å². The number of anilines is 1. The van der Waals surface area contributed by atoms with Crippen LogP contribution in [0.15, 0.2) is 59.1 Å². The summed E-state index contributed by atoms with van der Waals surface area (Å²) in [6, 6.07) is 17.2. The molecule has 0 atom stereocenters. The van der Waals surface area contributed by atoms with E-state index in [0.717, 1.165) is 23.0 Å². The molecule has 0 bridgehead atoms. The van der Waals surface area contributed by atoms with Crippen LogP contribution in [0.5, 0.6) is 0 Å². The average molecular weight is 527 g/mol. The molecule has 1 spiro atoms. The van der Waals surface area contributed by atoms with Crippen molar-refractivity contribution in [3.63, 3.8) is 0 Å². The van der Waals surface area contributed by atoms with Crippen molar-refractivity contribution in [1.82, 2.24) is 15.1 Å². The second-order valence-electron chi connectivity index (χ2n) is 8.94. The van der Waals surface area contributed by atoms with Gasteiger partial charge >= 0.3 is 0 Å². The second kappa shape index (κ2) is 10.6. The summed E-state index contributed by atoms with van der Waals surface area (Å²) < 4.78 is 0.926. The maximum atomic E-state index is 13.7. The van der Waals surface area contributed by atoms with Crippen LogP contribution < -0.4 is 10.2 Å². The van der Waals surface area contributed by atoms with Gasteiger partial charge in [0.1, 0.15) is 12.1 Å². The fraction of sp³-hybridized carbons (Fsp3) is 0.423. The molecule has 7 nitrogen and oxygen atoms in total. The van der Waals surface area contributed by atoms with Crippen LogP contribution in [0, 0.1) is 0 Å². The highest BCUT2D eigenvalue weighted by Gasteiger charge is 2.54. The van der Waals surface area contributed by atoms with Gasteiger partial charge in [-0.15, -0.1) is 0 Å². The molecule has 2 heterocycles. The first kappa shape index (κ1) is 24.3. The molecule has 2 aromatic carbocycles. The topological polar surface area (TPSA) is 73.0 Å². The third-order valence-corrected chi connectivity index (χ3v) is 7.27. The normalized spacial score (nSPS) is 17.4. The molecule has 2 saturated heterocycles. The number of hydrogen-bond donors (Lipinski definition) is 1. The highest BCUT2D eigenvalue weighted by atomic mass is 79.9. The summed E-state index contributed by atoms with van der Waals surface area (Å²) in [4.78, 5) is 44.8. The van der Waals surface area contributed by atoms with Crippen molar-refractivity contribution >= 4 is 39.3 Å². The van der Waals surface area contributed by atoms with Crippen LogP contribution in [0.4, 0.5) is 5.69 Å². The fourth-order valence-electron chi connectivity index (χ4n) is 4.81. The van der Waals surface area contributed by atoms with Gasteiger partial charge in [0.2, 0.25) is 5.91 Å². The minimum atomic E-state index is -0.748. The van der Waals surface area contributed by atoms with Crippen molar-refractivity contribution in [2.45, 2.75) is 38.1 Å². The minimum Gasteiger partial charge on any atom is -0.355 e. The van der Waals surface area contributed by atoms with Crippen molar-refractivity contribution in [2.24, 2.45) is 0 Å². The molecule has 2 aliphatic rings. The van der Waals surface area contributed by atoms with Crippen LogP contribution in [0.1, 0.15) is 43.0 Å². The van der Waals surface area contributed by atoms with Crippen molar-refractivity contribution in [2.75, 3.05) is 37.7 Å². The number of piperidine rings is 1. The lowest BCUT2D eigenvalue weighted by Gasteiger charge is -2.43. The Hall–Kier alpha value is -2.87. The van der Waals surface area contributed by atoms with Gasteiger partial charge in [-0.05, 0) is 55.7 Å². The van der Waals surface area contributed by atoms with Crippen LogP contribution >= 0.6 is 15.9 Å². The van der Waals surface area contributed by atoms with Gasteiger partial charge in [0.25, 0.3) is 11.8 Å². The van der Waals surface area contributed by atoms with Gasteiger partial charge in [0, 0.05) is 35.4 Å². The summed E-state index contributed by atoms with van der Waals surface area (Å²) in [5.41, 5.74) is 0.848. The lowest BCUT2D eigenvalue weighted by atomic mass is 9.85. The Kier molecular flexibility index (Phi) is 7.56. The molecule has 0 aliphatic carbocycles. The Bertz CT molecular complexity index is 1020. The molecule has 3 amide bonds. The minimum absolute atomic E-state index is 0.0220. The van der Waals surface area contributed by atoms with E-state index in [1.54, 1.807) is 4.90 Å². The molecule has 2 fully saturated rings. The number of nitrogens with one attached hydrogen (secondary N) is 1. The highest BCUT2D eigenvalue weighted by molar-refractivity contribution is 9.10. The van der Waals surface area contributed by atoms with E-state index < -0.39 is 5.54 Å². The molecule has 0 radical (unpaired) electrons. The fourth-order valence-corrected chi connectivity index (χ4v) is 5.08. The smallest absolute Gasteiger partial charge is 0.253 e. The van der Waals surface area contributed by atoms with E-state index in [4.69, 9.17) is 0 Å². The number of carbonyl (C=O) groups excluding carboxylic acids is 3. The number of nitrogens with zero attached hydrogens (tertiary/aromatic N) is 3. The van der Waals surface area contributed by atoms with E-state index in [1.807, 2.05) is 59.5 Å². The van der Waals surface area contributed by atoms with Gasteiger partial charge in [-0.25, -0.2) is 0 Å². The lowest BCUT2D eigenvalue weighted by molar-refractivity contribution is -0.137. The third kappa shape index (κ3) is 4.97. The number of halogens is 1. The Balaban J connectivity index is 1.51. The number of carbonyl (C=O) groups is 3. The summed E-state index contributed by atoms with van der Waals surface area (Å²) in [6.07, 6.45) is 2.97. The van der Waals surface area contributed by atoms with Crippen LogP contribution in [-0.4, -0.2) is 65.9 Å². The third-order valence-electron chi connectivity index (χ3n) is 6.74. The number of unbranched alkanes of at least 4 members (excludes halogenated alkanes) is 1. The summed E-state index contributed by atoms with van der Waals surface area (Å²) in [7, 11) is 0.